The molecule has 1 atom stereocenters. The molecule has 0 bridgehead atoms. The third kappa shape index (κ3) is 8.15. The highest BCUT2D eigenvalue weighted by molar-refractivity contribution is 7.85. The third-order valence-corrected chi connectivity index (χ3v) is 2.81. The number of amides is 1. The molecule has 84 valence electrons. The number of rotatable bonds is 8. The van der Waals surface area contributed by atoms with Crippen molar-refractivity contribution < 1.29 is 13.7 Å². The molecule has 3 N–H and O–H groups in total. The first-order valence-electron chi connectivity index (χ1n) is 4.51. The summed E-state index contributed by atoms with van der Waals surface area (Å²) in [5.41, 5.74) is 5.20. The Morgan fingerprint density at radius 1 is 1.57 bits per heavy atom. The molecule has 0 aliphatic carbocycles. The average molecular weight is 222 g/mol. The molecule has 0 spiro atoms. The molecule has 0 aliphatic heterocycles. The molecule has 0 aromatic rings. The molecule has 0 aromatic carbocycles. The Hall–Kier alpha value is -0.460. The molecule has 0 aromatic heterocycles. The summed E-state index contributed by atoms with van der Waals surface area (Å²) in [5.74, 6) is 0.361. The second-order valence-electron chi connectivity index (χ2n) is 2.77. The first kappa shape index (κ1) is 13.5. The smallest absolute Gasteiger partial charge is 0.232 e. The second-order valence-corrected chi connectivity index (χ2v) is 4.35. The molecule has 0 radical (unpaired) electrons. The first-order valence-corrected chi connectivity index (χ1v) is 6.00. The van der Waals surface area contributed by atoms with Crippen LogP contribution in [0.2, 0.25) is 0 Å². The standard InChI is InChI=1S/C8H18N2O3S/c1-13-5-2-6-14(12)7-8(11)10-4-3-9/h2-7,9H2,1H3,(H,10,11). The molecule has 0 rings (SSSR count). The number of carbonyl (C=O) groups excluding carboxylic acids is 1. The Morgan fingerprint density at radius 2 is 2.29 bits per heavy atom. The van der Waals surface area contributed by atoms with Crippen LogP contribution in [0.15, 0.2) is 0 Å². The molecule has 14 heavy (non-hydrogen) atoms. The third-order valence-electron chi connectivity index (χ3n) is 1.48. The number of hydrogen-bond donors (Lipinski definition) is 2. The van der Waals surface area contributed by atoms with Crippen LogP contribution in [0.25, 0.3) is 0 Å². The lowest BCUT2D eigenvalue weighted by Gasteiger charge is -2.03. The lowest BCUT2D eigenvalue weighted by Crippen LogP contribution is -2.33. The fourth-order valence-electron chi connectivity index (χ4n) is 0.845. The fraction of sp³-hybridized carbons (Fsp3) is 0.875. The van der Waals surface area contributed by atoms with Gasteiger partial charge in [0.25, 0.3) is 0 Å². The molecule has 0 heterocycles. The summed E-state index contributed by atoms with van der Waals surface area (Å²) < 4.78 is 16.1. The van der Waals surface area contributed by atoms with E-state index in [-0.39, 0.29) is 11.7 Å². The Kier molecular flexibility index (Phi) is 8.81. The monoisotopic (exact) mass is 222 g/mol. The van der Waals surface area contributed by atoms with E-state index in [1.165, 1.54) is 0 Å². The van der Waals surface area contributed by atoms with Gasteiger partial charge in [0.05, 0.1) is 0 Å². The summed E-state index contributed by atoms with van der Waals surface area (Å²) in [6, 6.07) is 0. The van der Waals surface area contributed by atoms with Crippen LogP contribution >= 0.6 is 0 Å². The Morgan fingerprint density at radius 3 is 2.86 bits per heavy atom. The summed E-state index contributed by atoms with van der Waals surface area (Å²) in [6.07, 6.45) is 0.716. The molecular weight excluding hydrogens is 204 g/mol. The number of nitrogens with two attached hydrogens (primary N) is 1. The van der Waals surface area contributed by atoms with Crippen LogP contribution in [0.5, 0.6) is 0 Å². The summed E-state index contributed by atoms with van der Waals surface area (Å²) in [5, 5.41) is 2.57. The zero-order valence-corrected chi connectivity index (χ0v) is 9.27. The van der Waals surface area contributed by atoms with E-state index in [1.54, 1.807) is 7.11 Å². The minimum Gasteiger partial charge on any atom is -0.385 e. The molecule has 0 fully saturated rings. The maximum Gasteiger partial charge on any atom is 0.232 e. The largest absolute Gasteiger partial charge is 0.385 e. The van der Waals surface area contributed by atoms with E-state index in [4.69, 9.17) is 10.5 Å². The van der Waals surface area contributed by atoms with E-state index < -0.39 is 10.8 Å². The second kappa shape index (κ2) is 9.11. The van der Waals surface area contributed by atoms with Gasteiger partial charge in [-0.2, -0.15) is 0 Å². The van der Waals surface area contributed by atoms with Crippen LogP contribution in [0.4, 0.5) is 0 Å². The van der Waals surface area contributed by atoms with E-state index in [9.17, 15) is 9.00 Å². The first-order chi connectivity index (χ1) is 6.70. The van der Waals surface area contributed by atoms with Gasteiger partial charge in [0.15, 0.2) is 0 Å². The fourth-order valence-corrected chi connectivity index (χ4v) is 1.82. The van der Waals surface area contributed by atoms with Crippen LogP contribution in [0.3, 0.4) is 0 Å². The average Bonchev–Trinajstić information content (AvgIpc) is 2.15. The number of methoxy groups -OCH3 is 1. The van der Waals surface area contributed by atoms with Gasteiger partial charge in [-0.05, 0) is 6.42 Å². The highest BCUT2D eigenvalue weighted by atomic mass is 32.2. The summed E-state index contributed by atoms with van der Waals surface area (Å²) in [6.45, 7) is 1.42. The minimum atomic E-state index is -1.09. The molecule has 1 amide bonds. The highest BCUT2D eigenvalue weighted by Crippen LogP contribution is 1.88. The van der Waals surface area contributed by atoms with E-state index in [0.717, 1.165) is 0 Å². The number of carbonyl (C=O) groups is 1. The highest BCUT2D eigenvalue weighted by Gasteiger charge is 2.06. The van der Waals surface area contributed by atoms with Gasteiger partial charge in [0, 0.05) is 43.4 Å². The van der Waals surface area contributed by atoms with Gasteiger partial charge < -0.3 is 15.8 Å². The van der Waals surface area contributed by atoms with Gasteiger partial charge in [0.1, 0.15) is 5.75 Å². The number of ether oxygens (including phenoxy) is 1. The maximum absolute atomic E-state index is 11.3. The van der Waals surface area contributed by atoms with Crippen LogP contribution < -0.4 is 11.1 Å². The quantitative estimate of drug-likeness (QED) is 0.508. The normalized spacial score (nSPS) is 12.4. The van der Waals surface area contributed by atoms with Crippen molar-refractivity contribution in [1.82, 2.24) is 5.32 Å². The van der Waals surface area contributed by atoms with Gasteiger partial charge in [-0.15, -0.1) is 0 Å². The van der Waals surface area contributed by atoms with Crippen LogP contribution in [-0.2, 0) is 20.3 Å². The zero-order chi connectivity index (χ0) is 10.8. The topological polar surface area (TPSA) is 81.4 Å². The Bertz CT molecular complexity index is 187. The molecule has 6 heteroatoms. The molecule has 0 saturated carbocycles. The molecular formula is C8H18N2O3S. The summed E-state index contributed by atoms with van der Waals surface area (Å²) in [4.78, 5) is 11.1. The van der Waals surface area contributed by atoms with Crippen molar-refractivity contribution in [3.8, 4) is 0 Å². The number of hydrogen-bond acceptors (Lipinski definition) is 4. The minimum absolute atomic E-state index is 0.0592. The zero-order valence-electron chi connectivity index (χ0n) is 8.45. The van der Waals surface area contributed by atoms with Crippen molar-refractivity contribution in [2.24, 2.45) is 5.73 Å². The lowest BCUT2D eigenvalue weighted by atomic mass is 10.5. The molecule has 0 saturated heterocycles. The molecule has 1 unspecified atom stereocenters. The van der Waals surface area contributed by atoms with Gasteiger partial charge in [-0.3, -0.25) is 9.00 Å². The van der Waals surface area contributed by atoms with Crippen molar-refractivity contribution in [3.05, 3.63) is 0 Å². The van der Waals surface area contributed by atoms with E-state index in [1.807, 2.05) is 0 Å². The van der Waals surface area contributed by atoms with Gasteiger partial charge >= 0.3 is 0 Å². The lowest BCUT2D eigenvalue weighted by molar-refractivity contribution is -0.118. The predicted octanol–water partition coefficient (Wildman–Crippen LogP) is -1.15. The van der Waals surface area contributed by atoms with Crippen molar-refractivity contribution in [2.45, 2.75) is 6.42 Å². The van der Waals surface area contributed by atoms with E-state index in [0.29, 0.717) is 31.9 Å². The Labute approximate surface area is 86.8 Å². The summed E-state index contributed by atoms with van der Waals surface area (Å²) >= 11 is 0. The predicted molar refractivity (Wildman–Crippen MR) is 56.4 cm³/mol. The van der Waals surface area contributed by atoms with E-state index in [2.05, 4.69) is 5.32 Å². The SMILES string of the molecule is COCCCS(=O)CC(=O)NCCN. The molecule has 5 nitrogen and oxygen atoms in total. The van der Waals surface area contributed by atoms with Crippen LogP contribution in [0.1, 0.15) is 6.42 Å². The van der Waals surface area contributed by atoms with Crippen molar-refractivity contribution in [1.29, 1.82) is 0 Å². The van der Waals surface area contributed by atoms with Gasteiger partial charge in [-0.25, -0.2) is 0 Å². The van der Waals surface area contributed by atoms with E-state index >= 15 is 0 Å². The van der Waals surface area contributed by atoms with Gasteiger partial charge in [-0.1, -0.05) is 0 Å². The maximum atomic E-state index is 11.3. The Balaban J connectivity index is 3.45. The summed E-state index contributed by atoms with van der Waals surface area (Å²) in [7, 11) is 0.506. The van der Waals surface area contributed by atoms with Crippen molar-refractivity contribution in [2.75, 3.05) is 38.3 Å². The van der Waals surface area contributed by atoms with Crippen LogP contribution in [-0.4, -0.2) is 48.4 Å². The molecule has 0 aliphatic rings. The van der Waals surface area contributed by atoms with Crippen LogP contribution in [0, 0.1) is 0 Å². The number of nitrogens with one attached hydrogen (secondary N) is 1. The van der Waals surface area contributed by atoms with Crippen molar-refractivity contribution >= 4 is 16.7 Å². The van der Waals surface area contributed by atoms with Gasteiger partial charge in [0.2, 0.25) is 5.91 Å². The van der Waals surface area contributed by atoms with Crippen molar-refractivity contribution in [3.63, 3.8) is 0 Å².